The highest BCUT2D eigenvalue weighted by Crippen LogP contribution is 2.29. The number of nitrogens with zero attached hydrogens (tertiary/aromatic N) is 5. The molecular weight excluding hydrogens is 446 g/mol. The van der Waals surface area contributed by atoms with E-state index in [4.69, 9.17) is 4.98 Å². The average molecular weight is 484 g/mol. The van der Waals surface area contributed by atoms with Crippen molar-refractivity contribution < 1.29 is 4.79 Å². The predicted molar refractivity (Wildman–Crippen MR) is 143 cm³/mol. The van der Waals surface area contributed by atoms with Gasteiger partial charge >= 0.3 is 0 Å². The largest absolute Gasteiger partial charge is 0.336 e. The van der Waals surface area contributed by atoms with Crippen molar-refractivity contribution in [3.8, 4) is 17.3 Å². The van der Waals surface area contributed by atoms with Crippen LogP contribution in [-0.4, -0.2) is 57.3 Å². The van der Waals surface area contributed by atoms with Crippen LogP contribution < -0.4 is 0 Å². The van der Waals surface area contributed by atoms with Crippen molar-refractivity contribution in [2.45, 2.75) is 64.8 Å². The fourth-order valence-electron chi connectivity index (χ4n) is 5.93. The third-order valence-corrected chi connectivity index (χ3v) is 7.72. The fraction of sp³-hybridized carbons (Fsp3) is 0.500. The number of imidazole rings is 1. The number of amides is 1. The van der Waals surface area contributed by atoms with E-state index in [0.717, 1.165) is 73.4 Å². The Morgan fingerprint density at radius 1 is 1.08 bits per heavy atom. The van der Waals surface area contributed by atoms with Crippen LogP contribution >= 0.6 is 0 Å². The minimum atomic E-state index is 0.136. The number of carbonyl (C=O) groups is 1. The standard InChI is InChI=1S/C30H37N5O/c1-22(2)19-26-7-5-18-34(26)30(36)25-13-14-28-32-29(24-11-9-23(20-31)10-12-24)27(35(28)21-25)8-6-17-33-15-3-4-16-33/h9-14,21-22,26H,3-8,15-19H2,1-2H3. The zero-order chi connectivity index (χ0) is 25.1. The van der Waals surface area contributed by atoms with Gasteiger partial charge in [-0.15, -0.1) is 0 Å². The molecule has 2 fully saturated rings. The number of hydrogen-bond acceptors (Lipinski definition) is 4. The molecule has 5 rings (SSSR count). The van der Waals surface area contributed by atoms with Gasteiger partial charge in [0.15, 0.2) is 0 Å². The molecule has 0 N–H and O–H groups in total. The van der Waals surface area contributed by atoms with Gasteiger partial charge in [-0.3, -0.25) is 4.79 Å². The molecule has 4 heterocycles. The van der Waals surface area contributed by atoms with Crippen LogP contribution in [0.25, 0.3) is 16.9 Å². The molecule has 36 heavy (non-hydrogen) atoms. The van der Waals surface area contributed by atoms with Crippen LogP contribution in [0.15, 0.2) is 42.6 Å². The van der Waals surface area contributed by atoms with Crippen molar-refractivity contribution in [2.75, 3.05) is 26.2 Å². The first-order valence-corrected chi connectivity index (χ1v) is 13.6. The van der Waals surface area contributed by atoms with E-state index in [1.165, 1.54) is 25.9 Å². The second-order valence-corrected chi connectivity index (χ2v) is 10.8. The summed E-state index contributed by atoms with van der Waals surface area (Å²) in [7, 11) is 0. The van der Waals surface area contributed by atoms with E-state index in [1.807, 2.05) is 42.6 Å². The number of hydrogen-bond donors (Lipinski definition) is 0. The highest BCUT2D eigenvalue weighted by Gasteiger charge is 2.30. The van der Waals surface area contributed by atoms with Crippen molar-refractivity contribution in [2.24, 2.45) is 5.92 Å². The summed E-state index contributed by atoms with van der Waals surface area (Å²) >= 11 is 0. The molecule has 2 aromatic heterocycles. The monoisotopic (exact) mass is 483 g/mol. The molecule has 0 saturated carbocycles. The molecule has 188 valence electrons. The quantitative estimate of drug-likeness (QED) is 0.421. The van der Waals surface area contributed by atoms with Crippen molar-refractivity contribution >= 4 is 11.6 Å². The lowest BCUT2D eigenvalue weighted by molar-refractivity contribution is 0.0721. The van der Waals surface area contributed by atoms with Crippen LogP contribution in [0.2, 0.25) is 0 Å². The summed E-state index contributed by atoms with van der Waals surface area (Å²) in [6, 6.07) is 14.1. The SMILES string of the molecule is CC(C)CC1CCCN1C(=O)c1ccc2nc(-c3ccc(C#N)cc3)c(CCCN3CCCC3)n2c1. The summed E-state index contributed by atoms with van der Waals surface area (Å²) in [5.41, 5.74) is 5.35. The van der Waals surface area contributed by atoms with Crippen LogP contribution in [-0.2, 0) is 6.42 Å². The number of fused-ring (bicyclic) bond motifs is 1. The van der Waals surface area contributed by atoms with Gasteiger partial charge in [-0.05, 0) is 94.8 Å². The lowest BCUT2D eigenvalue weighted by Gasteiger charge is -2.26. The molecule has 1 unspecified atom stereocenters. The van der Waals surface area contributed by atoms with E-state index in [-0.39, 0.29) is 5.91 Å². The molecule has 2 saturated heterocycles. The van der Waals surface area contributed by atoms with Crippen LogP contribution in [0.5, 0.6) is 0 Å². The van der Waals surface area contributed by atoms with Crippen LogP contribution in [0, 0.1) is 17.2 Å². The maximum Gasteiger partial charge on any atom is 0.255 e. The first-order valence-electron chi connectivity index (χ1n) is 13.6. The minimum Gasteiger partial charge on any atom is -0.336 e. The Bertz CT molecular complexity index is 1250. The van der Waals surface area contributed by atoms with Crippen molar-refractivity contribution in [1.82, 2.24) is 19.2 Å². The lowest BCUT2D eigenvalue weighted by atomic mass is 10.0. The Labute approximate surface area is 214 Å². The summed E-state index contributed by atoms with van der Waals surface area (Å²) in [5.74, 6) is 0.716. The Morgan fingerprint density at radius 2 is 1.86 bits per heavy atom. The molecule has 2 aliphatic heterocycles. The Kier molecular flexibility index (Phi) is 7.38. The zero-order valence-corrected chi connectivity index (χ0v) is 21.6. The van der Waals surface area contributed by atoms with Gasteiger partial charge in [0.25, 0.3) is 5.91 Å². The molecule has 0 spiro atoms. The van der Waals surface area contributed by atoms with Gasteiger partial charge in [0.1, 0.15) is 5.65 Å². The zero-order valence-electron chi connectivity index (χ0n) is 21.6. The van der Waals surface area contributed by atoms with E-state index in [1.54, 1.807) is 0 Å². The normalized spacial score (nSPS) is 18.4. The van der Waals surface area contributed by atoms with Crippen LogP contribution in [0.1, 0.15) is 74.0 Å². The van der Waals surface area contributed by atoms with Gasteiger partial charge in [-0.25, -0.2) is 4.98 Å². The molecule has 6 nitrogen and oxygen atoms in total. The average Bonchev–Trinajstić information content (AvgIpc) is 3.64. The summed E-state index contributed by atoms with van der Waals surface area (Å²) in [6.45, 7) is 8.79. The molecule has 1 amide bonds. The van der Waals surface area contributed by atoms with Gasteiger partial charge in [-0.1, -0.05) is 26.0 Å². The van der Waals surface area contributed by atoms with Gasteiger partial charge in [0, 0.05) is 24.3 Å². The van der Waals surface area contributed by atoms with E-state index in [2.05, 4.69) is 34.1 Å². The number of pyridine rings is 1. The minimum absolute atomic E-state index is 0.136. The molecule has 0 bridgehead atoms. The second kappa shape index (κ2) is 10.8. The molecular formula is C30H37N5O. The molecule has 2 aliphatic rings. The first kappa shape index (κ1) is 24.5. The molecule has 6 heteroatoms. The lowest BCUT2D eigenvalue weighted by Crippen LogP contribution is -2.36. The maximum absolute atomic E-state index is 13.6. The summed E-state index contributed by atoms with van der Waals surface area (Å²) in [6.07, 6.45) is 9.79. The molecule has 1 aromatic carbocycles. The number of benzene rings is 1. The predicted octanol–water partition coefficient (Wildman–Crippen LogP) is 5.55. The third kappa shape index (κ3) is 5.17. The number of carbonyl (C=O) groups excluding carboxylic acids is 1. The summed E-state index contributed by atoms with van der Waals surface area (Å²) in [4.78, 5) is 23.2. The highest BCUT2D eigenvalue weighted by atomic mass is 16.2. The van der Waals surface area contributed by atoms with Gasteiger partial charge in [-0.2, -0.15) is 5.26 Å². The summed E-state index contributed by atoms with van der Waals surface area (Å²) in [5, 5.41) is 9.22. The Hall–Kier alpha value is -3.17. The molecule has 0 aliphatic carbocycles. The van der Waals surface area contributed by atoms with E-state index >= 15 is 0 Å². The maximum atomic E-state index is 13.6. The van der Waals surface area contributed by atoms with Crippen LogP contribution in [0.3, 0.4) is 0 Å². The topological polar surface area (TPSA) is 64.6 Å². The summed E-state index contributed by atoms with van der Waals surface area (Å²) < 4.78 is 2.14. The van der Waals surface area contributed by atoms with Gasteiger partial charge in [0.2, 0.25) is 0 Å². The number of likely N-dealkylation sites (tertiary alicyclic amines) is 2. The van der Waals surface area contributed by atoms with Gasteiger partial charge in [0.05, 0.1) is 28.6 Å². The van der Waals surface area contributed by atoms with E-state index in [0.29, 0.717) is 17.5 Å². The third-order valence-electron chi connectivity index (χ3n) is 7.72. The number of aryl methyl sites for hydroxylation is 1. The fourth-order valence-corrected chi connectivity index (χ4v) is 5.93. The second-order valence-electron chi connectivity index (χ2n) is 10.8. The van der Waals surface area contributed by atoms with E-state index in [9.17, 15) is 10.1 Å². The van der Waals surface area contributed by atoms with Crippen molar-refractivity contribution in [1.29, 1.82) is 5.26 Å². The Balaban J connectivity index is 1.47. The molecule has 1 atom stereocenters. The van der Waals surface area contributed by atoms with Crippen molar-refractivity contribution in [3.63, 3.8) is 0 Å². The van der Waals surface area contributed by atoms with Crippen LogP contribution in [0.4, 0.5) is 0 Å². The Morgan fingerprint density at radius 3 is 2.58 bits per heavy atom. The molecule has 3 aromatic rings. The van der Waals surface area contributed by atoms with Crippen molar-refractivity contribution in [3.05, 3.63) is 59.4 Å². The first-order chi connectivity index (χ1) is 17.5. The molecule has 0 radical (unpaired) electrons. The van der Waals surface area contributed by atoms with E-state index < -0.39 is 0 Å². The number of aromatic nitrogens is 2. The number of nitriles is 1. The van der Waals surface area contributed by atoms with Gasteiger partial charge < -0.3 is 14.2 Å². The highest BCUT2D eigenvalue weighted by molar-refractivity contribution is 5.94. The number of rotatable bonds is 8. The smallest absolute Gasteiger partial charge is 0.255 e.